The number of carbonyl (C=O) groups excluding carboxylic acids is 1. The molecule has 5 nitrogen and oxygen atoms in total. The number of carbonyl (C=O) groups is 1. The van der Waals surface area contributed by atoms with Crippen LogP contribution in [-0.2, 0) is 17.8 Å². The van der Waals surface area contributed by atoms with E-state index in [1.807, 2.05) is 36.4 Å². The van der Waals surface area contributed by atoms with Crippen molar-refractivity contribution in [1.29, 1.82) is 0 Å². The molecule has 0 aliphatic rings. The van der Waals surface area contributed by atoms with Gasteiger partial charge in [-0.05, 0) is 18.1 Å². The number of hydrogen-bond donors (Lipinski definition) is 3. The number of hydrogen-bond acceptors (Lipinski definition) is 3. The van der Waals surface area contributed by atoms with E-state index in [-0.39, 0.29) is 5.91 Å². The van der Waals surface area contributed by atoms with Gasteiger partial charge in [0.05, 0.1) is 18.3 Å². The number of H-pyrrole nitrogens is 1. The first-order valence-corrected chi connectivity index (χ1v) is 5.81. The second-order valence-corrected chi connectivity index (χ2v) is 4.10. The Morgan fingerprint density at radius 3 is 2.78 bits per heavy atom. The molecule has 0 saturated carbocycles. The number of aromatic amines is 1. The first-order chi connectivity index (χ1) is 8.75. The molecule has 1 amide bonds. The van der Waals surface area contributed by atoms with Crippen LogP contribution in [0.2, 0.25) is 0 Å². The molecular weight excluding hydrogens is 228 g/mol. The first kappa shape index (κ1) is 12.3. The van der Waals surface area contributed by atoms with Crippen LogP contribution < -0.4 is 11.1 Å². The first-order valence-electron chi connectivity index (χ1n) is 5.81. The van der Waals surface area contributed by atoms with E-state index in [4.69, 9.17) is 5.73 Å². The van der Waals surface area contributed by atoms with E-state index in [0.29, 0.717) is 13.0 Å². The molecule has 1 aromatic carbocycles. The molecule has 1 unspecified atom stereocenters. The van der Waals surface area contributed by atoms with Gasteiger partial charge in [-0.15, -0.1) is 0 Å². The third kappa shape index (κ3) is 3.43. The molecule has 0 aliphatic carbocycles. The minimum Gasteiger partial charge on any atom is -0.349 e. The van der Waals surface area contributed by atoms with Gasteiger partial charge >= 0.3 is 0 Å². The van der Waals surface area contributed by atoms with Gasteiger partial charge in [0.2, 0.25) is 5.91 Å². The molecule has 0 radical (unpaired) electrons. The Kier molecular flexibility index (Phi) is 4.09. The number of nitrogens with one attached hydrogen (secondary N) is 2. The van der Waals surface area contributed by atoms with Crippen LogP contribution in [0.4, 0.5) is 0 Å². The van der Waals surface area contributed by atoms with E-state index < -0.39 is 6.04 Å². The minimum atomic E-state index is -0.532. The van der Waals surface area contributed by atoms with E-state index in [1.54, 1.807) is 6.20 Å². The molecule has 0 bridgehead atoms. The highest BCUT2D eigenvalue weighted by atomic mass is 16.2. The Bertz CT molecular complexity index is 481. The van der Waals surface area contributed by atoms with Crippen LogP contribution in [-0.4, -0.2) is 22.1 Å². The van der Waals surface area contributed by atoms with Crippen molar-refractivity contribution in [2.24, 2.45) is 5.73 Å². The number of benzene rings is 1. The zero-order valence-corrected chi connectivity index (χ0v) is 9.97. The molecule has 18 heavy (non-hydrogen) atoms. The van der Waals surface area contributed by atoms with Crippen molar-refractivity contribution in [3.63, 3.8) is 0 Å². The second kappa shape index (κ2) is 5.97. The molecular formula is C13H16N4O. The zero-order valence-electron chi connectivity index (χ0n) is 9.97. The van der Waals surface area contributed by atoms with Crippen LogP contribution in [0, 0.1) is 0 Å². The number of nitrogens with two attached hydrogens (primary N) is 1. The summed E-state index contributed by atoms with van der Waals surface area (Å²) >= 11 is 0. The van der Waals surface area contributed by atoms with Crippen LogP contribution in [0.25, 0.3) is 0 Å². The molecule has 2 rings (SSSR count). The lowest BCUT2D eigenvalue weighted by atomic mass is 10.1. The molecule has 5 heteroatoms. The Balaban J connectivity index is 1.82. The quantitative estimate of drug-likeness (QED) is 0.720. The molecule has 0 saturated heterocycles. The van der Waals surface area contributed by atoms with Gasteiger partial charge in [0.1, 0.15) is 0 Å². The third-order valence-corrected chi connectivity index (χ3v) is 2.65. The van der Waals surface area contributed by atoms with Crippen molar-refractivity contribution < 1.29 is 4.79 Å². The summed E-state index contributed by atoms with van der Waals surface area (Å²) < 4.78 is 0. The smallest absolute Gasteiger partial charge is 0.237 e. The average molecular weight is 244 g/mol. The van der Waals surface area contributed by atoms with Crippen molar-refractivity contribution in [3.05, 3.63) is 53.9 Å². The topological polar surface area (TPSA) is 83.8 Å². The Morgan fingerprint density at radius 1 is 1.33 bits per heavy atom. The van der Waals surface area contributed by atoms with Crippen LogP contribution in [0.15, 0.2) is 42.6 Å². The lowest BCUT2D eigenvalue weighted by Crippen LogP contribution is -2.41. The second-order valence-electron chi connectivity index (χ2n) is 4.10. The van der Waals surface area contributed by atoms with Gasteiger partial charge in [0, 0.05) is 6.20 Å². The average Bonchev–Trinajstić information content (AvgIpc) is 2.90. The summed E-state index contributed by atoms with van der Waals surface area (Å²) in [6.45, 7) is 0.418. The van der Waals surface area contributed by atoms with Crippen molar-refractivity contribution in [2.45, 2.75) is 19.0 Å². The van der Waals surface area contributed by atoms with Crippen LogP contribution in [0.3, 0.4) is 0 Å². The van der Waals surface area contributed by atoms with E-state index in [0.717, 1.165) is 11.3 Å². The summed E-state index contributed by atoms with van der Waals surface area (Å²) in [5.41, 5.74) is 7.76. The number of amides is 1. The summed E-state index contributed by atoms with van der Waals surface area (Å²) in [6.07, 6.45) is 2.18. The van der Waals surface area contributed by atoms with E-state index in [9.17, 15) is 4.79 Å². The largest absolute Gasteiger partial charge is 0.349 e. The monoisotopic (exact) mass is 244 g/mol. The maximum Gasteiger partial charge on any atom is 0.237 e. The van der Waals surface area contributed by atoms with Crippen LogP contribution in [0.5, 0.6) is 0 Å². The highest BCUT2D eigenvalue weighted by Crippen LogP contribution is 2.02. The summed E-state index contributed by atoms with van der Waals surface area (Å²) in [5.74, 6) is -0.159. The fraction of sp³-hybridized carbons (Fsp3) is 0.231. The number of nitrogens with zero attached hydrogens (tertiary/aromatic N) is 1. The van der Waals surface area contributed by atoms with Gasteiger partial charge in [0.25, 0.3) is 0 Å². The SMILES string of the molecule is NC(Cc1ccccc1)C(=O)NCc1ccn[nH]1. The Morgan fingerprint density at radius 2 is 2.11 bits per heavy atom. The Hall–Kier alpha value is -2.14. The highest BCUT2D eigenvalue weighted by molar-refractivity contribution is 5.81. The molecule has 94 valence electrons. The molecule has 1 heterocycles. The van der Waals surface area contributed by atoms with Crippen LogP contribution >= 0.6 is 0 Å². The van der Waals surface area contributed by atoms with Gasteiger partial charge < -0.3 is 11.1 Å². The van der Waals surface area contributed by atoms with Gasteiger partial charge in [0.15, 0.2) is 0 Å². The highest BCUT2D eigenvalue weighted by Gasteiger charge is 2.13. The molecule has 0 fully saturated rings. The number of aromatic nitrogens is 2. The summed E-state index contributed by atoms with van der Waals surface area (Å²) in [6, 6.07) is 11.0. The Labute approximate surface area is 105 Å². The lowest BCUT2D eigenvalue weighted by molar-refractivity contribution is -0.122. The molecule has 0 spiro atoms. The fourth-order valence-corrected chi connectivity index (χ4v) is 1.66. The molecule has 1 aromatic heterocycles. The van der Waals surface area contributed by atoms with E-state index >= 15 is 0 Å². The molecule has 0 aliphatic heterocycles. The fourth-order valence-electron chi connectivity index (χ4n) is 1.66. The maximum atomic E-state index is 11.8. The molecule has 4 N–H and O–H groups in total. The van der Waals surface area contributed by atoms with E-state index in [2.05, 4.69) is 15.5 Å². The summed E-state index contributed by atoms with van der Waals surface area (Å²) in [4.78, 5) is 11.8. The predicted molar refractivity (Wildman–Crippen MR) is 68.6 cm³/mol. The molecule has 1 atom stereocenters. The van der Waals surface area contributed by atoms with Crippen molar-refractivity contribution in [1.82, 2.24) is 15.5 Å². The normalized spacial score (nSPS) is 12.1. The van der Waals surface area contributed by atoms with Crippen molar-refractivity contribution in [2.75, 3.05) is 0 Å². The zero-order chi connectivity index (χ0) is 12.8. The maximum absolute atomic E-state index is 11.8. The van der Waals surface area contributed by atoms with Gasteiger partial charge in [-0.3, -0.25) is 9.89 Å². The molecule has 2 aromatic rings. The number of rotatable bonds is 5. The summed E-state index contributed by atoms with van der Waals surface area (Å²) in [5, 5.41) is 9.35. The van der Waals surface area contributed by atoms with Crippen molar-refractivity contribution >= 4 is 5.91 Å². The van der Waals surface area contributed by atoms with E-state index in [1.165, 1.54) is 0 Å². The van der Waals surface area contributed by atoms with Crippen molar-refractivity contribution in [3.8, 4) is 0 Å². The van der Waals surface area contributed by atoms with Gasteiger partial charge in [-0.25, -0.2) is 0 Å². The third-order valence-electron chi connectivity index (χ3n) is 2.65. The summed E-state index contributed by atoms with van der Waals surface area (Å²) in [7, 11) is 0. The van der Waals surface area contributed by atoms with Gasteiger partial charge in [-0.1, -0.05) is 30.3 Å². The van der Waals surface area contributed by atoms with Crippen LogP contribution in [0.1, 0.15) is 11.3 Å². The standard InChI is InChI=1S/C13H16N4O/c14-12(8-10-4-2-1-3-5-10)13(18)15-9-11-6-7-16-17-11/h1-7,12H,8-9,14H2,(H,15,18)(H,16,17). The van der Waals surface area contributed by atoms with Gasteiger partial charge in [-0.2, -0.15) is 5.10 Å². The minimum absolute atomic E-state index is 0.159. The predicted octanol–water partition coefficient (Wildman–Crippen LogP) is 0.596. The lowest BCUT2D eigenvalue weighted by Gasteiger charge is -2.11.